The van der Waals surface area contributed by atoms with E-state index in [1.165, 1.54) is 295 Å². The van der Waals surface area contributed by atoms with E-state index in [0.29, 0.717) is 0 Å². The van der Waals surface area contributed by atoms with E-state index in [-0.39, 0.29) is 10.5 Å². The SMILES string of the molecule is O=S(=O)(C1CCC(C2CCC(N3C4CCCCC4C4CC(N(C5CCCCC5)C5CCCCC5)CCC43)CC2)CC1)C1CCC(C2CCC(N3C4CCCCC4C4CC(N(C5CCCCC5)C5CCCCC5)CCC43)CC2)CC1. The van der Waals surface area contributed by atoms with Gasteiger partial charge in [0.25, 0.3) is 0 Å². The first-order chi connectivity index (χ1) is 38.9. The smallest absolute Gasteiger partial charge is 0.156 e. The van der Waals surface area contributed by atoms with E-state index in [0.717, 1.165) is 146 Å². The van der Waals surface area contributed by atoms with E-state index in [1.807, 2.05) is 0 Å². The van der Waals surface area contributed by atoms with Gasteiger partial charge in [-0.15, -0.1) is 0 Å². The van der Waals surface area contributed by atoms with Gasteiger partial charge >= 0.3 is 0 Å². The molecule has 2 heterocycles. The molecule has 0 bridgehead atoms. The molecular weight excluding hydrogens is 985 g/mol. The van der Waals surface area contributed by atoms with Crippen molar-refractivity contribution < 1.29 is 8.42 Å². The fourth-order valence-electron chi connectivity index (χ4n) is 25.2. The summed E-state index contributed by atoms with van der Waals surface area (Å²) in [4.78, 5) is 13.1. The highest BCUT2D eigenvalue weighted by molar-refractivity contribution is 7.92. The molecule has 0 spiro atoms. The van der Waals surface area contributed by atoms with E-state index < -0.39 is 9.84 Å². The number of hydrogen-bond acceptors (Lipinski definition) is 6. The molecule has 14 fully saturated rings. The molecule has 0 amide bonds. The van der Waals surface area contributed by atoms with Crippen molar-refractivity contribution in [2.45, 2.75) is 404 Å². The van der Waals surface area contributed by atoms with Gasteiger partial charge in [0, 0.05) is 72.5 Å². The highest BCUT2D eigenvalue weighted by Crippen LogP contribution is 2.56. The molecule has 2 saturated heterocycles. The molecule has 12 aliphatic carbocycles. The fourth-order valence-corrected chi connectivity index (χ4v) is 27.6. The maximum Gasteiger partial charge on any atom is 0.156 e. The second kappa shape index (κ2) is 25.6. The van der Waals surface area contributed by atoms with Gasteiger partial charge < -0.3 is 0 Å². The minimum absolute atomic E-state index is 0.0466. The zero-order valence-corrected chi connectivity index (χ0v) is 51.9. The van der Waals surface area contributed by atoms with Crippen molar-refractivity contribution >= 4 is 9.84 Å². The lowest BCUT2D eigenvalue weighted by atomic mass is 9.71. The predicted molar refractivity (Wildman–Crippen MR) is 328 cm³/mol. The van der Waals surface area contributed by atoms with Crippen molar-refractivity contribution in [1.82, 2.24) is 19.6 Å². The quantitative estimate of drug-likeness (QED) is 0.194. The van der Waals surface area contributed by atoms with Gasteiger partial charge in [-0.2, -0.15) is 0 Å². The van der Waals surface area contributed by atoms with E-state index in [1.54, 1.807) is 0 Å². The Morgan fingerprint density at radius 1 is 0.241 bits per heavy atom. The second-order valence-electron chi connectivity index (χ2n) is 32.2. The number of hydrogen-bond donors (Lipinski definition) is 0. The predicted octanol–water partition coefficient (Wildman–Crippen LogP) is 17.4. The van der Waals surface area contributed by atoms with Crippen LogP contribution in [0.1, 0.15) is 321 Å². The summed E-state index contributed by atoms with van der Waals surface area (Å²) >= 11 is 0. The number of rotatable bonds is 12. The average Bonchev–Trinajstić information content (AvgIpc) is 4.25. The van der Waals surface area contributed by atoms with Crippen molar-refractivity contribution in [1.29, 1.82) is 0 Å². The zero-order valence-electron chi connectivity index (χ0n) is 51.1. The monoisotopic (exact) mass is 1110 g/mol. The Hall–Kier alpha value is -0.210. The largest absolute Gasteiger partial charge is 0.294 e. The fraction of sp³-hybridized carbons (Fsp3) is 1.00. The Morgan fingerprint density at radius 3 is 0.848 bits per heavy atom. The lowest BCUT2D eigenvalue weighted by Crippen LogP contribution is -2.55. The van der Waals surface area contributed by atoms with Gasteiger partial charge in [0.1, 0.15) is 0 Å². The lowest BCUT2D eigenvalue weighted by Gasteiger charge is -2.50. The Kier molecular flexibility index (Phi) is 18.4. The third kappa shape index (κ3) is 11.7. The van der Waals surface area contributed by atoms with Crippen LogP contribution in [0.15, 0.2) is 0 Å². The van der Waals surface area contributed by atoms with E-state index in [9.17, 15) is 8.42 Å². The summed E-state index contributed by atoms with van der Waals surface area (Å²) < 4.78 is 29.1. The molecular formula is C72H122N4O2S. The molecule has 0 aromatic rings. The Morgan fingerprint density at radius 2 is 0.519 bits per heavy atom. The van der Waals surface area contributed by atoms with Gasteiger partial charge in [0.15, 0.2) is 9.84 Å². The zero-order chi connectivity index (χ0) is 52.9. The van der Waals surface area contributed by atoms with E-state index in [4.69, 9.17) is 0 Å². The van der Waals surface area contributed by atoms with Gasteiger partial charge in [-0.3, -0.25) is 19.6 Å². The minimum atomic E-state index is -3.04. The first kappa shape index (κ1) is 56.6. The molecule has 448 valence electrons. The third-order valence-corrected chi connectivity index (χ3v) is 31.5. The van der Waals surface area contributed by atoms with Gasteiger partial charge in [-0.25, -0.2) is 8.42 Å². The van der Waals surface area contributed by atoms with Crippen molar-refractivity contribution in [2.75, 3.05) is 0 Å². The van der Waals surface area contributed by atoms with Gasteiger partial charge in [-0.05, 0) is 266 Å². The second-order valence-corrected chi connectivity index (χ2v) is 34.7. The summed E-state index contributed by atoms with van der Waals surface area (Å²) in [6, 6.07) is 10.4. The van der Waals surface area contributed by atoms with Crippen LogP contribution >= 0.6 is 0 Å². The number of sulfone groups is 1. The molecule has 12 saturated carbocycles. The third-order valence-electron chi connectivity index (χ3n) is 28.7. The van der Waals surface area contributed by atoms with Crippen LogP contribution in [-0.4, -0.2) is 111 Å². The number of nitrogens with zero attached hydrogens (tertiary/aromatic N) is 4. The molecule has 10 atom stereocenters. The molecule has 14 aliphatic rings. The van der Waals surface area contributed by atoms with Crippen LogP contribution in [0.2, 0.25) is 0 Å². The molecule has 79 heavy (non-hydrogen) atoms. The van der Waals surface area contributed by atoms with Crippen molar-refractivity contribution in [2.24, 2.45) is 47.3 Å². The first-order valence-electron chi connectivity index (χ1n) is 37.3. The standard InChI is InChI=1S/C72H122N4O2S/c77-79(78,63-43-33-53(34-44-63)51-29-37-59(38-30-51)75-69-27-15-13-25-65(69)67-49-61(41-47-71(67)75)73(55-17-5-1-6-18-55)56-19-7-2-8-20-56)64-45-35-54(36-46-64)52-31-39-60(40-32-52)76-70-28-16-14-26-66(70)68-50-62(42-48-72(68)76)74(57-21-9-3-10-22-57)58-23-11-4-12-24-58/h51-72H,1-50H2. The first-order valence-corrected chi connectivity index (χ1v) is 38.9. The van der Waals surface area contributed by atoms with E-state index >= 15 is 0 Å². The van der Waals surface area contributed by atoms with E-state index in [2.05, 4.69) is 19.6 Å². The summed E-state index contributed by atoms with van der Waals surface area (Å²) in [5.74, 6) is 7.12. The minimum Gasteiger partial charge on any atom is -0.294 e. The maximum atomic E-state index is 14.6. The van der Waals surface area contributed by atoms with Gasteiger partial charge in [0.2, 0.25) is 0 Å². The summed E-state index contributed by atoms with van der Waals surface area (Å²) in [6.07, 6.45) is 70.7. The molecule has 2 aliphatic heterocycles. The summed E-state index contributed by atoms with van der Waals surface area (Å²) in [5.41, 5.74) is 0. The van der Waals surface area contributed by atoms with Crippen LogP contribution in [0.5, 0.6) is 0 Å². The van der Waals surface area contributed by atoms with Crippen LogP contribution in [0.3, 0.4) is 0 Å². The van der Waals surface area contributed by atoms with Crippen molar-refractivity contribution in [3.05, 3.63) is 0 Å². The molecule has 10 unspecified atom stereocenters. The van der Waals surface area contributed by atoms with Crippen LogP contribution in [-0.2, 0) is 9.84 Å². The van der Waals surface area contributed by atoms with Crippen molar-refractivity contribution in [3.63, 3.8) is 0 Å². The number of likely N-dealkylation sites (tertiary alicyclic amines) is 2. The average molecular weight is 1110 g/mol. The van der Waals surface area contributed by atoms with Gasteiger partial charge in [0.05, 0.1) is 10.5 Å². The summed E-state index contributed by atoms with van der Waals surface area (Å²) in [7, 11) is -3.04. The molecule has 14 rings (SSSR count). The molecule has 6 nitrogen and oxygen atoms in total. The van der Waals surface area contributed by atoms with Crippen molar-refractivity contribution in [3.8, 4) is 0 Å². The molecule has 0 radical (unpaired) electrons. The van der Waals surface area contributed by atoms with Crippen LogP contribution in [0, 0.1) is 47.3 Å². The van der Waals surface area contributed by atoms with Crippen LogP contribution in [0.25, 0.3) is 0 Å². The normalized spacial score (nSPS) is 45.2. The van der Waals surface area contributed by atoms with Gasteiger partial charge in [-0.1, -0.05) is 103 Å². The topological polar surface area (TPSA) is 47.1 Å². The molecule has 0 aromatic heterocycles. The molecule has 0 aromatic carbocycles. The highest BCUT2D eigenvalue weighted by Gasteiger charge is 2.57. The summed E-state index contributed by atoms with van der Waals surface area (Å²) in [6.45, 7) is 0. The highest BCUT2D eigenvalue weighted by atomic mass is 32.2. The Bertz CT molecular complexity index is 1840. The van der Waals surface area contributed by atoms with Crippen LogP contribution in [0.4, 0.5) is 0 Å². The maximum absolute atomic E-state index is 14.6. The number of fused-ring (bicyclic) bond motifs is 6. The summed E-state index contributed by atoms with van der Waals surface area (Å²) in [5, 5.41) is -0.0932. The Labute approximate surface area is 486 Å². The lowest BCUT2D eigenvalue weighted by molar-refractivity contribution is -0.00820. The molecule has 7 heteroatoms. The molecule has 0 N–H and O–H groups in total. The van der Waals surface area contributed by atoms with Crippen LogP contribution < -0.4 is 0 Å². The Balaban J connectivity index is 0.537.